The number of carboxylic acid groups (broad SMARTS) is 1. The summed E-state index contributed by atoms with van der Waals surface area (Å²) < 4.78 is 5.01. The number of carboxylic acids is 1. The fraction of sp³-hybridized carbons (Fsp3) is 0. The number of ether oxygens (including phenoxy) is 1. The Balaban J connectivity index is 1.98. The lowest BCUT2D eigenvalue weighted by Crippen LogP contribution is -2.04. The second-order valence-corrected chi connectivity index (χ2v) is 4.43. The van der Waals surface area contributed by atoms with Crippen LogP contribution in [0.25, 0.3) is 6.08 Å². The maximum absolute atomic E-state index is 11.6. The van der Waals surface area contributed by atoms with Gasteiger partial charge >= 0.3 is 11.9 Å². The van der Waals surface area contributed by atoms with Crippen LogP contribution in [-0.4, -0.2) is 22.0 Å². The number of rotatable bonds is 5. The standard InChI is InChI=1S/C16H11NO6/c18-15(23-14-8-4-12(5-9-14)16(19)20)10-3-11-1-6-13(7-2-11)17(21)22/h1-10H,(H,19,20)/b10-3+. The molecule has 0 spiro atoms. The topological polar surface area (TPSA) is 107 Å². The summed E-state index contributed by atoms with van der Waals surface area (Å²) in [4.78, 5) is 32.4. The number of nitrogens with zero attached hydrogens (tertiary/aromatic N) is 1. The predicted molar refractivity (Wildman–Crippen MR) is 81.2 cm³/mol. The molecule has 0 bridgehead atoms. The van der Waals surface area contributed by atoms with Crippen molar-refractivity contribution in [2.24, 2.45) is 0 Å². The van der Waals surface area contributed by atoms with Crippen molar-refractivity contribution in [3.8, 4) is 5.75 Å². The van der Waals surface area contributed by atoms with E-state index in [9.17, 15) is 19.7 Å². The third-order valence-corrected chi connectivity index (χ3v) is 2.84. The zero-order chi connectivity index (χ0) is 16.8. The van der Waals surface area contributed by atoms with Gasteiger partial charge in [-0.25, -0.2) is 9.59 Å². The minimum Gasteiger partial charge on any atom is -0.478 e. The maximum Gasteiger partial charge on any atom is 0.336 e. The third-order valence-electron chi connectivity index (χ3n) is 2.84. The Hall–Kier alpha value is -3.48. The maximum atomic E-state index is 11.6. The van der Waals surface area contributed by atoms with E-state index >= 15 is 0 Å². The normalized spacial score (nSPS) is 10.4. The van der Waals surface area contributed by atoms with Gasteiger partial charge < -0.3 is 9.84 Å². The van der Waals surface area contributed by atoms with Gasteiger partial charge in [0.05, 0.1) is 10.5 Å². The van der Waals surface area contributed by atoms with Crippen molar-refractivity contribution in [3.63, 3.8) is 0 Å². The Kier molecular flexibility index (Phi) is 4.83. The highest BCUT2D eigenvalue weighted by atomic mass is 16.6. The van der Waals surface area contributed by atoms with E-state index < -0.39 is 16.9 Å². The van der Waals surface area contributed by atoms with Crippen LogP contribution in [0, 0.1) is 10.1 Å². The highest BCUT2D eigenvalue weighted by Gasteiger charge is 2.05. The fourth-order valence-electron chi connectivity index (χ4n) is 1.69. The van der Waals surface area contributed by atoms with Gasteiger partial charge in [0.25, 0.3) is 5.69 Å². The van der Waals surface area contributed by atoms with Crippen molar-refractivity contribution in [3.05, 3.63) is 75.8 Å². The van der Waals surface area contributed by atoms with Crippen molar-refractivity contribution in [2.45, 2.75) is 0 Å². The molecule has 0 aliphatic heterocycles. The van der Waals surface area contributed by atoms with Crippen molar-refractivity contribution in [2.75, 3.05) is 0 Å². The molecular weight excluding hydrogens is 302 g/mol. The molecule has 0 aliphatic carbocycles. The summed E-state index contributed by atoms with van der Waals surface area (Å²) in [6.07, 6.45) is 2.63. The predicted octanol–water partition coefficient (Wildman–Crippen LogP) is 2.91. The molecule has 0 fully saturated rings. The van der Waals surface area contributed by atoms with Crippen LogP contribution in [0.15, 0.2) is 54.6 Å². The molecule has 0 saturated heterocycles. The number of nitro benzene ring substituents is 1. The Labute approximate surface area is 130 Å². The van der Waals surface area contributed by atoms with E-state index in [0.717, 1.165) is 0 Å². The lowest BCUT2D eigenvalue weighted by molar-refractivity contribution is -0.384. The molecule has 23 heavy (non-hydrogen) atoms. The summed E-state index contributed by atoms with van der Waals surface area (Å²) in [5.74, 6) is -1.50. The molecule has 0 aromatic heterocycles. The first kappa shape index (κ1) is 15.9. The second kappa shape index (κ2) is 6.99. The van der Waals surface area contributed by atoms with E-state index in [2.05, 4.69) is 0 Å². The van der Waals surface area contributed by atoms with Crippen LogP contribution in [0.4, 0.5) is 5.69 Å². The van der Waals surface area contributed by atoms with E-state index in [0.29, 0.717) is 5.56 Å². The van der Waals surface area contributed by atoms with Crippen LogP contribution in [0.3, 0.4) is 0 Å². The molecule has 7 heteroatoms. The van der Waals surface area contributed by atoms with E-state index in [1.165, 1.54) is 60.7 Å². The molecule has 0 atom stereocenters. The van der Waals surface area contributed by atoms with Gasteiger partial charge in [-0.15, -0.1) is 0 Å². The molecular formula is C16H11NO6. The summed E-state index contributed by atoms with van der Waals surface area (Å²) in [7, 11) is 0. The number of carbonyl (C=O) groups is 2. The number of aromatic carboxylic acids is 1. The first-order valence-electron chi connectivity index (χ1n) is 6.43. The molecule has 0 saturated carbocycles. The first-order valence-corrected chi connectivity index (χ1v) is 6.43. The van der Waals surface area contributed by atoms with E-state index in [1.54, 1.807) is 0 Å². The molecule has 2 rings (SSSR count). The zero-order valence-electron chi connectivity index (χ0n) is 11.7. The Morgan fingerprint density at radius 1 is 1.04 bits per heavy atom. The minimum atomic E-state index is -1.07. The van der Waals surface area contributed by atoms with Crippen LogP contribution >= 0.6 is 0 Å². The van der Waals surface area contributed by atoms with E-state index in [1.807, 2.05) is 0 Å². The molecule has 0 amide bonds. The number of non-ortho nitro benzene ring substituents is 1. The molecule has 2 aromatic rings. The van der Waals surface area contributed by atoms with Crippen LogP contribution in [-0.2, 0) is 4.79 Å². The Morgan fingerprint density at radius 3 is 2.17 bits per heavy atom. The highest BCUT2D eigenvalue weighted by molar-refractivity contribution is 5.89. The van der Waals surface area contributed by atoms with Gasteiger partial charge in [-0.1, -0.05) is 0 Å². The number of esters is 1. The summed E-state index contributed by atoms with van der Waals surface area (Å²) >= 11 is 0. The molecule has 0 aliphatic rings. The zero-order valence-corrected chi connectivity index (χ0v) is 11.7. The molecule has 0 radical (unpaired) electrons. The fourth-order valence-corrected chi connectivity index (χ4v) is 1.69. The van der Waals surface area contributed by atoms with Gasteiger partial charge in [-0.05, 0) is 48.0 Å². The van der Waals surface area contributed by atoms with Gasteiger partial charge in [0, 0.05) is 18.2 Å². The lowest BCUT2D eigenvalue weighted by atomic mass is 10.2. The van der Waals surface area contributed by atoms with Crippen LogP contribution in [0.2, 0.25) is 0 Å². The average molecular weight is 313 g/mol. The largest absolute Gasteiger partial charge is 0.478 e. The minimum absolute atomic E-state index is 0.0387. The number of carbonyl (C=O) groups excluding carboxylic acids is 1. The number of nitro groups is 1. The molecule has 0 heterocycles. The molecule has 116 valence electrons. The summed E-state index contributed by atoms with van der Waals surface area (Å²) in [5.41, 5.74) is 0.656. The van der Waals surface area contributed by atoms with Gasteiger partial charge in [0.1, 0.15) is 5.75 Å². The Morgan fingerprint density at radius 2 is 1.65 bits per heavy atom. The summed E-state index contributed by atoms with van der Waals surface area (Å²) in [6, 6.07) is 11.1. The average Bonchev–Trinajstić information content (AvgIpc) is 2.54. The molecule has 0 unspecified atom stereocenters. The van der Waals surface area contributed by atoms with Crippen molar-refractivity contribution < 1.29 is 24.4 Å². The smallest absolute Gasteiger partial charge is 0.336 e. The van der Waals surface area contributed by atoms with Gasteiger partial charge in [-0.2, -0.15) is 0 Å². The summed E-state index contributed by atoms with van der Waals surface area (Å²) in [6.45, 7) is 0. The van der Waals surface area contributed by atoms with Gasteiger partial charge in [0.15, 0.2) is 0 Å². The van der Waals surface area contributed by atoms with E-state index in [-0.39, 0.29) is 17.0 Å². The van der Waals surface area contributed by atoms with Crippen molar-refractivity contribution >= 4 is 23.7 Å². The van der Waals surface area contributed by atoms with Crippen molar-refractivity contribution in [1.82, 2.24) is 0 Å². The van der Waals surface area contributed by atoms with Crippen LogP contribution < -0.4 is 4.74 Å². The lowest BCUT2D eigenvalue weighted by Gasteiger charge is -2.01. The number of benzene rings is 2. The Bertz CT molecular complexity index is 762. The monoisotopic (exact) mass is 313 g/mol. The number of hydrogen-bond acceptors (Lipinski definition) is 5. The second-order valence-electron chi connectivity index (χ2n) is 4.43. The quantitative estimate of drug-likeness (QED) is 0.299. The highest BCUT2D eigenvalue weighted by Crippen LogP contribution is 2.14. The third kappa shape index (κ3) is 4.50. The summed E-state index contributed by atoms with van der Waals surface area (Å²) in [5, 5.41) is 19.3. The van der Waals surface area contributed by atoms with E-state index in [4.69, 9.17) is 9.84 Å². The molecule has 7 nitrogen and oxygen atoms in total. The molecule has 2 aromatic carbocycles. The van der Waals surface area contributed by atoms with Gasteiger partial charge in [-0.3, -0.25) is 10.1 Å². The number of hydrogen-bond donors (Lipinski definition) is 1. The molecule has 1 N–H and O–H groups in total. The van der Waals surface area contributed by atoms with Crippen LogP contribution in [0.1, 0.15) is 15.9 Å². The SMILES string of the molecule is O=C(/C=C/c1ccc([N+](=O)[O-])cc1)Oc1ccc(C(=O)O)cc1. The first-order chi connectivity index (χ1) is 11.0. The van der Waals surface area contributed by atoms with Crippen molar-refractivity contribution in [1.29, 1.82) is 0 Å². The van der Waals surface area contributed by atoms with Gasteiger partial charge in [0.2, 0.25) is 0 Å². The van der Waals surface area contributed by atoms with Crippen LogP contribution in [0.5, 0.6) is 5.75 Å².